The van der Waals surface area contributed by atoms with Crippen LogP contribution in [0.2, 0.25) is 0 Å². The lowest BCUT2D eigenvalue weighted by Crippen LogP contribution is -2.35. The minimum absolute atomic E-state index is 0.157. The molecule has 1 N–H and O–H groups in total. The van der Waals surface area contributed by atoms with Gasteiger partial charge in [0, 0.05) is 10.6 Å². The number of carbonyl (C=O) groups is 2. The second-order valence-electron chi connectivity index (χ2n) is 5.94. The minimum Gasteiger partial charge on any atom is -0.373 e. The molecule has 4 nitrogen and oxygen atoms in total. The van der Waals surface area contributed by atoms with Crippen LogP contribution in [0.5, 0.6) is 0 Å². The molecule has 2 aromatic rings. The lowest BCUT2D eigenvalue weighted by Gasteiger charge is -2.20. The Morgan fingerprint density at radius 1 is 1.08 bits per heavy atom. The molecule has 1 aliphatic heterocycles. The minimum atomic E-state index is -0.520. The summed E-state index contributed by atoms with van der Waals surface area (Å²) in [6.45, 7) is 3.84. The summed E-state index contributed by atoms with van der Waals surface area (Å²) in [7, 11) is 0. The number of nitrogens with zero attached hydrogens (tertiary/aromatic N) is 1. The van der Waals surface area contributed by atoms with Crippen molar-refractivity contribution in [2.24, 2.45) is 0 Å². The lowest BCUT2D eigenvalue weighted by molar-refractivity contribution is -0.121. The number of carbonyl (C=O) groups excluding carboxylic acids is 2. The maximum Gasteiger partial charge on any atom is 0.256 e. The molecule has 0 unspecified atom stereocenters. The third-order valence-electron chi connectivity index (χ3n) is 4.22. The van der Waals surface area contributed by atoms with Crippen molar-refractivity contribution in [2.45, 2.75) is 31.2 Å². The standard InChI is InChI=1S/C19H20N2O2S/c1-12-6-4-7-13(2)18(12)21-17(22)11-16(19(21)23)20-14-8-5-9-15(10-14)24-3/h4-10,16,20H,11H2,1-3H3/t16-/m1/s1. The van der Waals surface area contributed by atoms with Gasteiger partial charge in [0.1, 0.15) is 6.04 Å². The fourth-order valence-corrected chi connectivity index (χ4v) is 3.51. The smallest absolute Gasteiger partial charge is 0.256 e. The van der Waals surface area contributed by atoms with Crippen LogP contribution in [0.25, 0.3) is 0 Å². The summed E-state index contributed by atoms with van der Waals surface area (Å²) >= 11 is 1.64. The number of para-hydroxylation sites is 1. The normalized spacial score (nSPS) is 17.5. The summed E-state index contributed by atoms with van der Waals surface area (Å²) in [5, 5.41) is 3.21. The first-order chi connectivity index (χ1) is 11.5. The van der Waals surface area contributed by atoms with E-state index in [0.717, 1.165) is 27.4 Å². The van der Waals surface area contributed by atoms with Crippen LogP contribution < -0.4 is 10.2 Å². The summed E-state index contributed by atoms with van der Waals surface area (Å²) in [5.41, 5.74) is 3.44. The number of anilines is 2. The molecule has 3 rings (SSSR count). The van der Waals surface area contributed by atoms with Gasteiger partial charge in [-0.2, -0.15) is 0 Å². The number of hydrogen-bond acceptors (Lipinski definition) is 4. The summed E-state index contributed by atoms with van der Waals surface area (Å²) in [4.78, 5) is 27.7. The number of rotatable bonds is 4. The molecule has 1 atom stereocenters. The largest absolute Gasteiger partial charge is 0.373 e. The van der Waals surface area contributed by atoms with E-state index in [9.17, 15) is 9.59 Å². The Morgan fingerprint density at radius 2 is 1.75 bits per heavy atom. The zero-order chi connectivity index (χ0) is 17.3. The average Bonchev–Trinajstić information content (AvgIpc) is 2.82. The molecule has 2 amide bonds. The summed E-state index contributed by atoms with van der Waals surface area (Å²) in [6, 6.07) is 13.1. The number of nitrogens with one attached hydrogen (secondary N) is 1. The van der Waals surface area contributed by atoms with Gasteiger partial charge in [0.2, 0.25) is 5.91 Å². The van der Waals surface area contributed by atoms with Crippen molar-refractivity contribution in [2.75, 3.05) is 16.5 Å². The van der Waals surface area contributed by atoms with E-state index in [1.807, 2.05) is 62.6 Å². The zero-order valence-electron chi connectivity index (χ0n) is 14.0. The highest BCUT2D eigenvalue weighted by molar-refractivity contribution is 7.98. The molecule has 0 spiro atoms. The average molecular weight is 340 g/mol. The van der Waals surface area contributed by atoms with E-state index < -0.39 is 6.04 Å². The highest BCUT2D eigenvalue weighted by Gasteiger charge is 2.40. The molecular formula is C19H20N2O2S. The Hall–Kier alpha value is -2.27. The predicted octanol–water partition coefficient (Wildman–Crippen LogP) is 3.77. The van der Waals surface area contributed by atoms with Crippen LogP contribution >= 0.6 is 11.8 Å². The Labute approximate surface area is 146 Å². The highest BCUT2D eigenvalue weighted by Crippen LogP contribution is 2.31. The number of thioether (sulfide) groups is 1. The number of benzene rings is 2. The number of imide groups is 1. The molecule has 24 heavy (non-hydrogen) atoms. The Morgan fingerprint density at radius 3 is 2.42 bits per heavy atom. The topological polar surface area (TPSA) is 49.4 Å². The molecule has 1 saturated heterocycles. The maximum atomic E-state index is 12.8. The summed E-state index contributed by atoms with van der Waals surface area (Å²) in [5.74, 6) is -0.345. The van der Waals surface area contributed by atoms with Gasteiger partial charge in [-0.05, 0) is 49.4 Å². The number of aryl methyl sites for hydroxylation is 2. The van der Waals surface area contributed by atoms with Crippen LogP contribution in [0.1, 0.15) is 17.5 Å². The van der Waals surface area contributed by atoms with Gasteiger partial charge in [-0.25, -0.2) is 4.90 Å². The molecule has 5 heteroatoms. The Kier molecular flexibility index (Phi) is 4.62. The van der Waals surface area contributed by atoms with E-state index in [1.54, 1.807) is 11.8 Å². The number of hydrogen-bond donors (Lipinski definition) is 1. The van der Waals surface area contributed by atoms with Gasteiger partial charge in [0.05, 0.1) is 12.1 Å². The van der Waals surface area contributed by atoms with Crippen molar-refractivity contribution >= 4 is 35.0 Å². The van der Waals surface area contributed by atoms with Crippen molar-refractivity contribution in [3.63, 3.8) is 0 Å². The predicted molar refractivity (Wildman–Crippen MR) is 98.7 cm³/mol. The molecule has 0 aromatic heterocycles. The fraction of sp³-hybridized carbons (Fsp3) is 0.263. The number of amides is 2. The second kappa shape index (κ2) is 6.69. The van der Waals surface area contributed by atoms with E-state index in [0.29, 0.717) is 0 Å². The first kappa shape index (κ1) is 16.6. The van der Waals surface area contributed by atoms with Gasteiger partial charge in [-0.1, -0.05) is 24.3 Å². The molecule has 1 heterocycles. The maximum absolute atomic E-state index is 12.8. The highest BCUT2D eigenvalue weighted by atomic mass is 32.2. The van der Waals surface area contributed by atoms with Crippen LogP contribution in [0.15, 0.2) is 47.4 Å². The second-order valence-corrected chi connectivity index (χ2v) is 6.82. The monoisotopic (exact) mass is 340 g/mol. The van der Waals surface area contributed by atoms with Gasteiger partial charge in [0.25, 0.3) is 5.91 Å². The van der Waals surface area contributed by atoms with Gasteiger partial charge in [-0.3, -0.25) is 9.59 Å². The van der Waals surface area contributed by atoms with Gasteiger partial charge in [0.15, 0.2) is 0 Å². The lowest BCUT2D eigenvalue weighted by atomic mass is 10.1. The third-order valence-corrected chi connectivity index (χ3v) is 4.95. The Balaban J connectivity index is 1.86. The Bertz CT molecular complexity index is 783. The zero-order valence-corrected chi connectivity index (χ0v) is 14.8. The van der Waals surface area contributed by atoms with Gasteiger partial charge >= 0.3 is 0 Å². The van der Waals surface area contributed by atoms with Crippen molar-refractivity contribution in [1.29, 1.82) is 0 Å². The van der Waals surface area contributed by atoms with E-state index in [1.165, 1.54) is 4.90 Å². The van der Waals surface area contributed by atoms with Crippen LogP contribution in [0, 0.1) is 13.8 Å². The van der Waals surface area contributed by atoms with Crippen molar-refractivity contribution in [1.82, 2.24) is 0 Å². The van der Waals surface area contributed by atoms with E-state index in [2.05, 4.69) is 5.32 Å². The molecule has 0 radical (unpaired) electrons. The van der Waals surface area contributed by atoms with Gasteiger partial charge in [-0.15, -0.1) is 11.8 Å². The quantitative estimate of drug-likeness (QED) is 0.680. The third kappa shape index (κ3) is 3.04. The van der Waals surface area contributed by atoms with Crippen LogP contribution in [0.4, 0.5) is 11.4 Å². The first-order valence-corrected chi connectivity index (χ1v) is 9.07. The molecule has 1 aliphatic rings. The van der Waals surface area contributed by atoms with Crippen LogP contribution in [-0.2, 0) is 9.59 Å². The van der Waals surface area contributed by atoms with Crippen molar-refractivity contribution in [3.05, 3.63) is 53.6 Å². The molecule has 0 bridgehead atoms. The molecule has 0 aliphatic carbocycles. The first-order valence-electron chi connectivity index (χ1n) is 7.85. The molecule has 1 fully saturated rings. The van der Waals surface area contributed by atoms with E-state index >= 15 is 0 Å². The van der Waals surface area contributed by atoms with E-state index in [-0.39, 0.29) is 18.2 Å². The molecule has 2 aromatic carbocycles. The van der Waals surface area contributed by atoms with Crippen LogP contribution in [-0.4, -0.2) is 24.1 Å². The summed E-state index contributed by atoms with van der Waals surface area (Å²) in [6.07, 6.45) is 2.18. The molecule has 124 valence electrons. The van der Waals surface area contributed by atoms with Crippen molar-refractivity contribution in [3.8, 4) is 0 Å². The fourth-order valence-electron chi connectivity index (χ4n) is 3.05. The van der Waals surface area contributed by atoms with E-state index in [4.69, 9.17) is 0 Å². The molecular weight excluding hydrogens is 320 g/mol. The van der Waals surface area contributed by atoms with Crippen LogP contribution in [0.3, 0.4) is 0 Å². The molecule has 0 saturated carbocycles. The van der Waals surface area contributed by atoms with Crippen molar-refractivity contribution < 1.29 is 9.59 Å². The summed E-state index contributed by atoms with van der Waals surface area (Å²) < 4.78 is 0. The SMILES string of the molecule is CSc1cccc(N[C@@H]2CC(=O)N(c3c(C)cccc3C)C2=O)c1. The van der Waals surface area contributed by atoms with Gasteiger partial charge < -0.3 is 5.32 Å².